The number of nitrogens with zero attached hydrogens (tertiary/aromatic N) is 3. The fourth-order valence-electron chi connectivity index (χ4n) is 4.42. The lowest BCUT2D eigenvalue weighted by Crippen LogP contribution is -2.35. The highest BCUT2D eigenvalue weighted by atomic mass is 35.5. The van der Waals surface area contributed by atoms with Crippen molar-refractivity contribution in [2.24, 2.45) is 11.8 Å². The Labute approximate surface area is 240 Å². The number of rotatable bonds is 9. The molecule has 0 aromatic heterocycles. The molecule has 1 unspecified atom stereocenters. The van der Waals surface area contributed by atoms with E-state index in [1.165, 1.54) is 19.2 Å². The molecule has 0 N–H and O–H groups in total. The van der Waals surface area contributed by atoms with Gasteiger partial charge in [0.15, 0.2) is 6.73 Å². The van der Waals surface area contributed by atoms with Gasteiger partial charge in [0.2, 0.25) is 10.0 Å². The summed E-state index contributed by atoms with van der Waals surface area (Å²) < 4.78 is 59.1. The van der Waals surface area contributed by atoms with Gasteiger partial charge in [-0.05, 0) is 57.3 Å². The van der Waals surface area contributed by atoms with E-state index in [9.17, 15) is 26.4 Å². The van der Waals surface area contributed by atoms with Crippen LogP contribution in [0.3, 0.4) is 0 Å². The largest absolute Gasteiger partial charge is 0.439 e. The van der Waals surface area contributed by atoms with Crippen molar-refractivity contribution in [1.82, 2.24) is 13.5 Å². The van der Waals surface area contributed by atoms with Crippen LogP contribution in [0.25, 0.3) is 0 Å². The van der Waals surface area contributed by atoms with E-state index in [4.69, 9.17) is 27.9 Å². The van der Waals surface area contributed by atoms with E-state index in [2.05, 4.69) is 0 Å². The molecular weight excluding hydrogens is 601 g/mol. The van der Waals surface area contributed by atoms with Crippen molar-refractivity contribution in [2.45, 2.75) is 38.0 Å². The molecular formula is C23H32Cl3N3O7S2. The lowest BCUT2D eigenvalue weighted by molar-refractivity contribution is -0.125. The highest BCUT2D eigenvalue weighted by Crippen LogP contribution is 2.43. The summed E-state index contributed by atoms with van der Waals surface area (Å²) in [7, 11) is -3.26. The van der Waals surface area contributed by atoms with Crippen LogP contribution in [0.15, 0.2) is 27.5 Å². The van der Waals surface area contributed by atoms with Gasteiger partial charge in [-0.25, -0.2) is 21.6 Å². The van der Waals surface area contributed by atoms with Gasteiger partial charge in [-0.1, -0.05) is 37.0 Å². The third kappa shape index (κ3) is 6.16. The molecule has 38 heavy (non-hydrogen) atoms. The molecule has 1 aromatic rings. The van der Waals surface area contributed by atoms with Crippen LogP contribution in [-0.2, 0) is 29.6 Å². The minimum Gasteiger partial charge on any atom is -0.439 e. The molecule has 1 amide bonds. The van der Waals surface area contributed by atoms with E-state index < -0.39 is 49.2 Å². The molecule has 0 saturated carbocycles. The summed E-state index contributed by atoms with van der Waals surface area (Å²) in [5.74, 6) is -2.01. The van der Waals surface area contributed by atoms with Gasteiger partial charge >= 0.3 is 5.97 Å². The number of ether oxygens (including phenoxy) is 1. The van der Waals surface area contributed by atoms with Crippen LogP contribution in [-0.4, -0.2) is 83.2 Å². The molecule has 0 spiro atoms. The highest BCUT2D eigenvalue weighted by Gasteiger charge is 2.48. The number of esters is 1. The van der Waals surface area contributed by atoms with Crippen LogP contribution >= 0.6 is 35.6 Å². The summed E-state index contributed by atoms with van der Waals surface area (Å²) in [4.78, 5) is 27.6. The SMILES string of the molecule is CC(C)C1CCCC2=C1C(=O)N(COC(=O)c1c(Cl)ccc(S(=O)(=O)N(C)CCN(C)C)c1Cl)S2(=O)=O.Cl. The second-order valence-corrected chi connectivity index (χ2v) is 14.3. The molecule has 0 fully saturated rings. The van der Waals surface area contributed by atoms with Crippen LogP contribution in [0.1, 0.15) is 43.5 Å². The summed E-state index contributed by atoms with van der Waals surface area (Å²) in [6, 6.07) is 2.38. The van der Waals surface area contributed by atoms with Gasteiger partial charge in [-0.15, -0.1) is 12.4 Å². The highest BCUT2D eigenvalue weighted by molar-refractivity contribution is 7.94. The number of sulfonamides is 2. The number of likely N-dealkylation sites (N-methyl/N-ethyl adjacent to an activating group) is 2. The van der Waals surface area contributed by atoms with Gasteiger partial charge in [0.05, 0.1) is 20.5 Å². The molecule has 1 aromatic carbocycles. The third-order valence-electron chi connectivity index (χ3n) is 6.58. The second kappa shape index (κ2) is 12.4. The van der Waals surface area contributed by atoms with Crippen molar-refractivity contribution >= 4 is 67.5 Å². The second-order valence-electron chi connectivity index (χ2n) is 9.66. The molecule has 0 saturated heterocycles. The minimum absolute atomic E-state index is 0. The first kappa shape index (κ1) is 32.8. The van der Waals surface area contributed by atoms with Crippen LogP contribution < -0.4 is 0 Å². The molecule has 1 atom stereocenters. The predicted octanol–water partition coefficient (Wildman–Crippen LogP) is 3.59. The van der Waals surface area contributed by atoms with Gasteiger partial charge in [-0.3, -0.25) is 4.79 Å². The molecule has 0 radical (unpaired) electrons. The number of hydrogen-bond acceptors (Lipinski definition) is 8. The van der Waals surface area contributed by atoms with E-state index in [-0.39, 0.29) is 57.6 Å². The number of benzene rings is 1. The summed E-state index contributed by atoms with van der Waals surface area (Å²) in [6.07, 6.45) is 1.58. The first-order chi connectivity index (χ1) is 17.1. The topological polar surface area (TPSA) is 121 Å². The number of halogens is 3. The van der Waals surface area contributed by atoms with Crippen molar-refractivity contribution in [1.29, 1.82) is 0 Å². The smallest absolute Gasteiger partial charge is 0.342 e. The van der Waals surface area contributed by atoms with Crippen LogP contribution in [0.2, 0.25) is 10.0 Å². The Kier molecular flexibility index (Phi) is 10.7. The van der Waals surface area contributed by atoms with Crippen molar-refractivity contribution < 1.29 is 31.2 Å². The summed E-state index contributed by atoms with van der Waals surface area (Å²) in [5.41, 5.74) is -0.186. The Bertz CT molecular complexity index is 1350. The predicted molar refractivity (Wildman–Crippen MR) is 147 cm³/mol. The van der Waals surface area contributed by atoms with Crippen molar-refractivity contribution in [3.63, 3.8) is 0 Å². The summed E-state index contributed by atoms with van der Waals surface area (Å²) in [5, 5.41) is -0.639. The van der Waals surface area contributed by atoms with Gasteiger partial charge in [0.25, 0.3) is 15.9 Å². The minimum atomic E-state index is -4.14. The standard InChI is InChI=1S/C23H31Cl2N3O7S2.ClH/c1-14(2)15-7-6-8-17-19(15)22(29)28(37(17,33)34)13-35-23(30)20-16(24)9-10-18(21(20)25)36(31,32)27(5)12-11-26(3)4;/h9-10,14-15H,6-8,11-13H2,1-5H3;1H. The molecule has 15 heteroatoms. The molecule has 1 aliphatic heterocycles. The summed E-state index contributed by atoms with van der Waals surface area (Å²) >= 11 is 12.5. The number of carbonyl (C=O) groups is 2. The zero-order chi connectivity index (χ0) is 27.9. The molecule has 10 nitrogen and oxygen atoms in total. The summed E-state index contributed by atoms with van der Waals surface area (Å²) in [6.45, 7) is 3.57. The first-order valence-corrected chi connectivity index (χ1v) is 15.3. The Morgan fingerprint density at radius 3 is 2.39 bits per heavy atom. The third-order valence-corrected chi connectivity index (χ3v) is 11.2. The normalized spacial score (nSPS) is 19.3. The van der Waals surface area contributed by atoms with Crippen molar-refractivity contribution in [3.05, 3.63) is 38.2 Å². The zero-order valence-corrected chi connectivity index (χ0v) is 25.7. The fourth-order valence-corrected chi connectivity index (χ4v) is 8.16. The molecule has 214 valence electrons. The fraction of sp³-hybridized carbons (Fsp3) is 0.565. The lowest BCUT2D eigenvalue weighted by Gasteiger charge is -2.25. The number of allylic oxidation sites excluding steroid dienone is 1. The zero-order valence-electron chi connectivity index (χ0n) is 21.7. The van der Waals surface area contributed by atoms with Crippen molar-refractivity contribution in [2.75, 3.05) is 41.0 Å². The van der Waals surface area contributed by atoms with Gasteiger partial charge in [0.1, 0.15) is 4.90 Å². The Morgan fingerprint density at radius 2 is 1.82 bits per heavy atom. The number of hydrogen-bond donors (Lipinski definition) is 0. The van der Waals surface area contributed by atoms with Gasteiger partial charge in [-0.2, -0.15) is 8.61 Å². The van der Waals surface area contributed by atoms with Crippen LogP contribution in [0.5, 0.6) is 0 Å². The maximum atomic E-state index is 13.1. The quantitative estimate of drug-likeness (QED) is 0.379. The maximum Gasteiger partial charge on any atom is 0.342 e. The molecule has 2 aliphatic rings. The lowest BCUT2D eigenvalue weighted by atomic mass is 9.80. The van der Waals surface area contributed by atoms with E-state index in [1.807, 2.05) is 18.7 Å². The van der Waals surface area contributed by atoms with Gasteiger partial charge < -0.3 is 9.64 Å². The maximum absolute atomic E-state index is 13.1. The number of carbonyl (C=O) groups excluding carboxylic acids is 2. The molecule has 0 bridgehead atoms. The van der Waals surface area contributed by atoms with E-state index in [1.54, 1.807) is 14.1 Å². The Hall–Kier alpha value is -1.41. The first-order valence-electron chi connectivity index (χ1n) is 11.7. The van der Waals surface area contributed by atoms with Crippen molar-refractivity contribution in [3.8, 4) is 0 Å². The molecule has 1 aliphatic carbocycles. The van der Waals surface area contributed by atoms with Crippen LogP contribution in [0.4, 0.5) is 0 Å². The van der Waals surface area contributed by atoms with E-state index in [0.717, 1.165) is 4.31 Å². The molecule has 3 rings (SSSR count). The van der Waals surface area contributed by atoms with E-state index in [0.29, 0.717) is 23.7 Å². The number of amides is 1. The average Bonchev–Trinajstić information content (AvgIpc) is 3.00. The Balaban J connectivity index is 0.00000507. The Morgan fingerprint density at radius 1 is 1.18 bits per heavy atom. The van der Waals surface area contributed by atoms with E-state index >= 15 is 0 Å². The van der Waals surface area contributed by atoms with Gasteiger partial charge in [0, 0.05) is 25.7 Å². The average molecular weight is 633 g/mol. The monoisotopic (exact) mass is 631 g/mol. The molecule has 1 heterocycles. The van der Waals surface area contributed by atoms with Crippen LogP contribution in [0, 0.1) is 11.8 Å².